The number of ether oxygens (including phenoxy) is 2. The number of hydrogen-bond donors (Lipinski definition) is 0. The fraction of sp³-hybridized carbons (Fsp3) is 1.00. The molecule has 0 aromatic rings. The van der Waals surface area contributed by atoms with Crippen LogP contribution in [0.3, 0.4) is 0 Å². The fourth-order valence-corrected chi connectivity index (χ4v) is 1.44. The van der Waals surface area contributed by atoms with E-state index in [1.165, 1.54) is 0 Å². The zero-order chi connectivity index (χ0) is 8.86. The Labute approximate surface area is 74.8 Å². The molecule has 3 heteroatoms. The van der Waals surface area contributed by atoms with Crippen LogP contribution in [-0.4, -0.2) is 57.6 Å². The Morgan fingerprint density at radius 3 is 2.58 bits per heavy atom. The van der Waals surface area contributed by atoms with Gasteiger partial charge in [-0.25, -0.2) is 0 Å². The third-order valence-corrected chi connectivity index (χ3v) is 2.53. The molecule has 1 rings (SSSR count). The monoisotopic (exact) mass is 174 g/mol. The second-order valence-electron chi connectivity index (χ2n) is 3.60. The Balaban J connectivity index is 2.17. The summed E-state index contributed by atoms with van der Waals surface area (Å²) in [6.07, 6.45) is 0. The molecule has 1 saturated heterocycles. The molecule has 1 aliphatic rings. The van der Waals surface area contributed by atoms with Gasteiger partial charge < -0.3 is 14.0 Å². The number of likely N-dealkylation sites (N-methyl/N-ethyl adjacent to an activating group) is 1. The lowest BCUT2D eigenvalue weighted by molar-refractivity contribution is -0.917. The van der Waals surface area contributed by atoms with Crippen LogP contribution in [0.25, 0.3) is 0 Å². The number of rotatable bonds is 4. The first-order valence-electron chi connectivity index (χ1n) is 4.76. The minimum atomic E-state index is 0.830. The third-order valence-electron chi connectivity index (χ3n) is 2.53. The molecule has 0 radical (unpaired) electrons. The van der Waals surface area contributed by atoms with Gasteiger partial charge in [-0.05, 0) is 6.92 Å². The molecule has 1 fully saturated rings. The molecule has 0 aromatic heterocycles. The van der Waals surface area contributed by atoms with Crippen molar-refractivity contribution in [3.8, 4) is 0 Å². The van der Waals surface area contributed by atoms with E-state index in [1.807, 2.05) is 6.92 Å². The quantitative estimate of drug-likeness (QED) is 0.456. The van der Waals surface area contributed by atoms with Gasteiger partial charge in [-0.1, -0.05) is 0 Å². The van der Waals surface area contributed by atoms with Crippen LogP contribution in [0.2, 0.25) is 0 Å². The first kappa shape index (κ1) is 9.96. The first-order chi connectivity index (χ1) is 5.77. The van der Waals surface area contributed by atoms with Crippen molar-refractivity contribution in [2.24, 2.45) is 0 Å². The molecule has 0 saturated carbocycles. The highest BCUT2D eigenvalue weighted by atomic mass is 16.5. The maximum Gasteiger partial charge on any atom is 0.102 e. The van der Waals surface area contributed by atoms with Crippen molar-refractivity contribution in [1.29, 1.82) is 0 Å². The number of quaternary nitrogens is 1. The van der Waals surface area contributed by atoms with Gasteiger partial charge in [0.15, 0.2) is 0 Å². The van der Waals surface area contributed by atoms with Crippen LogP contribution in [0.5, 0.6) is 0 Å². The van der Waals surface area contributed by atoms with E-state index in [9.17, 15) is 0 Å². The standard InChI is InChI=1S/C9H20NO2/c1-3-11-7-4-10(2)5-8-12-9-6-10/h3-9H2,1-2H3/q+1. The van der Waals surface area contributed by atoms with E-state index in [0.717, 1.165) is 50.5 Å². The van der Waals surface area contributed by atoms with Crippen LogP contribution in [0, 0.1) is 0 Å². The van der Waals surface area contributed by atoms with Gasteiger partial charge in [0.05, 0.1) is 26.9 Å². The van der Waals surface area contributed by atoms with Gasteiger partial charge in [-0.15, -0.1) is 0 Å². The lowest BCUT2D eigenvalue weighted by atomic mass is 10.3. The van der Waals surface area contributed by atoms with Crippen molar-refractivity contribution in [3.63, 3.8) is 0 Å². The normalized spacial score (nSPS) is 22.5. The van der Waals surface area contributed by atoms with Crippen LogP contribution >= 0.6 is 0 Å². The molecule has 1 heterocycles. The first-order valence-corrected chi connectivity index (χ1v) is 4.76. The Bertz CT molecular complexity index is 122. The third kappa shape index (κ3) is 3.09. The lowest BCUT2D eigenvalue weighted by Crippen LogP contribution is -2.53. The second kappa shape index (κ2) is 4.80. The molecule has 0 atom stereocenters. The molecular weight excluding hydrogens is 154 g/mol. The van der Waals surface area contributed by atoms with Crippen molar-refractivity contribution in [3.05, 3.63) is 0 Å². The van der Waals surface area contributed by atoms with E-state index in [4.69, 9.17) is 9.47 Å². The summed E-state index contributed by atoms with van der Waals surface area (Å²) in [4.78, 5) is 0. The minimum Gasteiger partial charge on any atom is -0.376 e. The topological polar surface area (TPSA) is 18.5 Å². The van der Waals surface area contributed by atoms with Gasteiger partial charge in [0, 0.05) is 6.61 Å². The summed E-state index contributed by atoms with van der Waals surface area (Å²) in [5.74, 6) is 0. The Hall–Kier alpha value is -0.120. The van der Waals surface area contributed by atoms with Crippen molar-refractivity contribution in [2.45, 2.75) is 6.92 Å². The van der Waals surface area contributed by atoms with Gasteiger partial charge in [0.1, 0.15) is 19.6 Å². The van der Waals surface area contributed by atoms with E-state index >= 15 is 0 Å². The van der Waals surface area contributed by atoms with Crippen LogP contribution < -0.4 is 0 Å². The molecule has 0 aliphatic carbocycles. The number of nitrogens with zero attached hydrogens (tertiary/aromatic N) is 1. The zero-order valence-electron chi connectivity index (χ0n) is 8.21. The lowest BCUT2D eigenvalue weighted by Gasteiger charge is -2.37. The van der Waals surface area contributed by atoms with E-state index in [0.29, 0.717) is 0 Å². The largest absolute Gasteiger partial charge is 0.376 e. The summed E-state index contributed by atoms with van der Waals surface area (Å²) in [6, 6.07) is 0. The molecule has 72 valence electrons. The molecular formula is C9H20NO2+. The highest BCUT2D eigenvalue weighted by Crippen LogP contribution is 2.06. The predicted molar refractivity (Wildman–Crippen MR) is 48.1 cm³/mol. The average molecular weight is 174 g/mol. The predicted octanol–water partition coefficient (Wildman–Crippen LogP) is 0.500. The zero-order valence-corrected chi connectivity index (χ0v) is 8.21. The van der Waals surface area contributed by atoms with Crippen LogP contribution in [0.15, 0.2) is 0 Å². The SMILES string of the molecule is CCOCC[N+]1(C)CCOCC1. The van der Waals surface area contributed by atoms with Gasteiger partial charge in [0.2, 0.25) is 0 Å². The van der Waals surface area contributed by atoms with Gasteiger partial charge in [-0.2, -0.15) is 0 Å². The van der Waals surface area contributed by atoms with Crippen LogP contribution in [-0.2, 0) is 9.47 Å². The molecule has 0 N–H and O–H groups in total. The molecule has 0 aromatic carbocycles. The van der Waals surface area contributed by atoms with E-state index < -0.39 is 0 Å². The van der Waals surface area contributed by atoms with Gasteiger partial charge >= 0.3 is 0 Å². The molecule has 0 amide bonds. The summed E-state index contributed by atoms with van der Waals surface area (Å²) >= 11 is 0. The van der Waals surface area contributed by atoms with Crippen molar-refractivity contribution in [1.82, 2.24) is 0 Å². The summed E-state index contributed by atoms with van der Waals surface area (Å²) in [5.41, 5.74) is 0. The highest BCUT2D eigenvalue weighted by Gasteiger charge is 2.24. The Morgan fingerprint density at radius 1 is 1.33 bits per heavy atom. The maximum absolute atomic E-state index is 5.35. The van der Waals surface area contributed by atoms with Crippen molar-refractivity contribution in [2.75, 3.05) is 53.1 Å². The molecule has 0 unspecified atom stereocenters. The molecule has 12 heavy (non-hydrogen) atoms. The minimum absolute atomic E-state index is 0.830. The second-order valence-corrected chi connectivity index (χ2v) is 3.60. The molecule has 3 nitrogen and oxygen atoms in total. The average Bonchev–Trinajstić information content (AvgIpc) is 2.06. The maximum atomic E-state index is 5.35. The smallest absolute Gasteiger partial charge is 0.102 e. The van der Waals surface area contributed by atoms with Crippen molar-refractivity contribution >= 4 is 0 Å². The summed E-state index contributed by atoms with van der Waals surface area (Å²) < 4.78 is 11.8. The molecule has 1 aliphatic heterocycles. The van der Waals surface area contributed by atoms with E-state index in [2.05, 4.69) is 7.05 Å². The summed E-state index contributed by atoms with van der Waals surface area (Å²) in [7, 11) is 2.28. The van der Waals surface area contributed by atoms with Gasteiger partial charge in [0.25, 0.3) is 0 Å². The van der Waals surface area contributed by atoms with E-state index in [-0.39, 0.29) is 0 Å². The Morgan fingerprint density at radius 2 is 2.00 bits per heavy atom. The molecule has 0 bridgehead atoms. The molecule has 0 spiro atoms. The highest BCUT2D eigenvalue weighted by molar-refractivity contribution is 4.46. The fourth-order valence-electron chi connectivity index (χ4n) is 1.44. The van der Waals surface area contributed by atoms with Crippen LogP contribution in [0.4, 0.5) is 0 Å². The number of morpholine rings is 1. The van der Waals surface area contributed by atoms with Crippen molar-refractivity contribution < 1.29 is 14.0 Å². The summed E-state index contributed by atoms with van der Waals surface area (Å²) in [6.45, 7) is 8.95. The van der Waals surface area contributed by atoms with E-state index in [1.54, 1.807) is 0 Å². The summed E-state index contributed by atoms with van der Waals surface area (Å²) in [5, 5.41) is 0. The Kier molecular flexibility index (Phi) is 3.98. The van der Waals surface area contributed by atoms with Crippen LogP contribution in [0.1, 0.15) is 6.92 Å². The number of hydrogen-bond acceptors (Lipinski definition) is 2. The van der Waals surface area contributed by atoms with Gasteiger partial charge in [-0.3, -0.25) is 0 Å².